The fourth-order valence-electron chi connectivity index (χ4n) is 2.47. The minimum atomic E-state index is 0. The first kappa shape index (κ1) is 20.9. The third-order valence-corrected chi connectivity index (χ3v) is 4.62. The molecule has 114 valence electrons. The molecule has 0 radical (unpaired) electrons. The van der Waals surface area contributed by atoms with Crippen LogP contribution in [0.1, 0.15) is 94.7 Å². The summed E-state index contributed by atoms with van der Waals surface area (Å²) in [6.45, 7) is 15.3. The number of carbonyl (C=O) groups is 1. The van der Waals surface area contributed by atoms with Crippen LogP contribution in [0.5, 0.6) is 0 Å². The Labute approximate surface area is 146 Å². The minimum Gasteiger partial charge on any atom is -1.00 e. The monoisotopic (exact) mass is 300 g/mol. The molecule has 0 bridgehead atoms. The summed E-state index contributed by atoms with van der Waals surface area (Å²) in [6.07, 6.45) is 0.944. The molecule has 0 amide bonds. The van der Waals surface area contributed by atoms with Crippen molar-refractivity contribution < 1.29 is 25.1 Å². The molecule has 1 unspecified atom stereocenters. The van der Waals surface area contributed by atoms with Crippen molar-refractivity contribution in [2.45, 2.75) is 66.2 Å². The van der Waals surface area contributed by atoms with Gasteiger partial charge in [-0.05, 0) is 49.2 Å². The molecule has 1 aromatic carbocycles. The van der Waals surface area contributed by atoms with Crippen LogP contribution in [-0.4, -0.2) is 11.7 Å². The first-order chi connectivity index (χ1) is 9.29. The summed E-state index contributed by atoms with van der Waals surface area (Å²) >= 11 is 0. The quantitative estimate of drug-likeness (QED) is 0.583. The Bertz CT molecular complexity index is 455. The van der Waals surface area contributed by atoms with Crippen molar-refractivity contribution >= 4 is 14.1 Å². The molecule has 0 N–H and O–H groups in total. The van der Waals surface area contributed by atoms with Crippen molar-refractivity contribution in [3.8, 4) is 0 Å². The number of rotatable bonds is 6. The molecule has 0 aliphatic heterocycles. The molecule has 0 aliphatic rings. The summed E-state index contributed by atoms with van der Waals surface area (Å²) in [5.41, 5.74) is 5.19. The van der Waals surface area contributed by atoms with Gasteiger partial charge < -0.3 is 1.43 Å². The number of hydrogen-bond acceptors (Lipinski definition) is 1. The van der Waals surface area contributed by atoms with E-state index >= 15 is 0 Å². The maximum Gasteiger partial charge on any atom is 1.00 e. The van der Waals surface area contributed by atoms with Crippen LogP contribution < -0.4 is 18.9 Å². The summed E-state index contributed by atoms with van der Waals surface area (Å²) < 4.78 is 0. The van der Waals surface area contributed by atoms with E-state index in [0.29, 0.717) is 31.9 Å². The Hall–Kier alpha value is -0.0826. The summed E-state index contributed by atoms with van der Waals surface area (Å²) in [7, 11) is 0.397. The van der Waals surface area contributed by atoms with Crippen molar-refractivity contribution in [3.05, 3.63) is 34.4 Å². The van der Waals surface area contributed by atoms with E-state index in [-0.39, 0.29) is 20.3 Å². The van der Waals surface area contributed by atoms with E-state index < -0.39 is 0 Å². The normalized spacial score (nSPS) is 11.7. The molecule has 0 heterocycles. The zero-order valence-corrected chi connectivity index (χ0v) is 16.0. The Kier molecular flexibility index (Phi) is 9.11. The van der Waals surface area contributed by atoms with E-state index in [1.54, 1.807) is 0 Å². The fraction of sp³-hybridized carbons (Fsp3) is 0.611. The summed E-state index contributed by atoms with van der Waals surface area (Å²) in [5.74, 6) is 1.29. The molecular weight excluding hydrogens is 270 g/mol. The van der Waals surface area contributed by atoms with Gasteiger partial charge in [-0.2, -0.15) is 0 Å². The van der Waals surface area contributed by atoms with Crippen molar-refractivity contribution in [2.75, 3.05) is 6.16 Å². The predicted octanol–water partition coefficient (Wildman–Crippen LogP) is 3.01. The maximum absolute atomic E-state index is 12.6. The molecule has 0 aliphatic carbocycles. The van der Waals surface area contributed by atoms with Crippen molar-refractivity contribution in [2.24, 2.45) is 0 Å². The number of benzene rings is 1. The largest absolute Gasteiger partial charge is 1.00 e. The summed E-state index contributed by atoms with van der Waals surface area (Å²) in [5, 5.41) is 0. The van der Waals surface area contributed by atoms with Crippen molar-refractivity contribution in [3.63, 3.8) is 0 Å². The van der Waals surface area contributed by atoms with Gasteiger partial charge >= 0.3 is 18.9 Å². The average Bonchev–Trinajstić information content (AvgIpc) is 2.36. The maximum atomic E-state index is 12.6. The number of carbonyl (C=O) groups excluding carboxylic acids is 1. The molecule has 21 heavy (non-hydrogen) atoms. The van der Waals surface area contributed by atoms with Gasteiger partial charge in [-0.15, -0.1) is 0 Å². The Morgan fingerprint density at radius 2 is 1.43 bits per heavy atom. The zero-order chi connectivity index (χ0) is 15.4. The Morgan fingerprint density at radius 3 is 1.71 bits per heavy atom. The first-order valence-corrected chi connectivity index (χ1v) is 8.96. The topological polar surface area (TPSA) is 17.1 Å². The number of hydrogen-bond donors (Lipinski definition) is 0. The second-order valence-electron chi connectivity index (χ2n) is 6.40. The van der Waals surface area contributed by atoms with Crippen LogP contribution in [0.4, 0.5) is 0 Å². The van der Waals surface area contributed by atoms with Gasteiger partial charge in [-0.25, -0.2) is 0 Å². The molecule has 0 saturated carbocycles. The molecule has 0 fully saturated rings. The van der Waals surface area contributed by atoms with Gasteiger partial charge in [0.15, 0.2) is 5.52 Å². The molecule has 0 spiro atoms. The standard InChI is InChI=1S/C18H29OP.Li.H/c1-8-20-18(19)17-15(12(4)5)9-14(11(2)3)10-16(17)13(6)7;;/h9-13,20H,8H2,1-7H3;;/q;+1;-1. The third kappa shape index (κ3) is 5.24. The van der Waals surface area contributed by atoms with E-state index in [9.17, 15) is 4.79 Å². The van der Waals surface area contributed by atoms with Gasteiger partial charge in [0.05, 0.1) is 0 Å². The second kappa shape index (κ2) is 9.15. The SMILES string of the molecule is CCPC(=O)c1c(C(C)C)cc(C(C)C)cc1C(C)C.[H-].[Li+]. The van der Waals surface area contributed by atoms with E-state index in [1.165, 1.54) is 16.7 Å². The third-order valence-electron chi connectivity index (χ3n) is 3.70. The van der Waals surface area contributed by atoms with Crippen LogP contribution in [0, 0.1) is 0 Å². The summed E-state index contributed by atoms with van der Waals surface area (Å²) in [6, 6.07) is 4.52. The van der Waals surface area contributed by atoms with Gasteiger partial charge in [-0.1, -0.05) is 60.6 Å². The van der Waals surface area contributed by atoms with E-state index in [0.717, 1.165) is 11.7 Å². The van der Waals surface area contributed by atoms with Gasteiger partial charge in [0.2, 0.25) is 0 Å². The molecule has 0 saturated heterocycles. The molecule has 1 rings (SSSR count). The van der Waals surface area contributed by atoms with Gasteiger partial charge in [0.1, 0.15) is 0 Å². The van der Waals surface area contributed by atoms with Crippen LogP contribution in [0.2, 0.25) is 0 Å². The van der Waals surface area contributed by atoms with E-state index in [2.05, 4.69) is 60.6 Å². The Balaban J connectivity index is 0. The Morgan fingerprint density at radius 1 is 1.00 bits per heavy atom. The van der Waals surface area contributed by atoms with Gasteiger partial charge in [-0.3, -0.25) is 4.79 Å². The molecule has 0 aromatic heterocycles. The summed E-state index contributed by atoms with van der Waals surface area (Å²) in [4.78, 5) is 12.6. The van der Waals surface area contributed by atoms with Gasteiger partial charge in [0, 0.05) is 5.56 Å². The van der Waals surface area contributed by atoms with Crippen LogP contribution in [0.25, 0.3) is 0 Å². The molecule has 1 nitrogen and oxygen atoms in total. The first-order valence-electron chi connectivity index (χ1n) is 7.75. The predicted molar refractivity (Wildman–Crippen MR) is 93.0 cm³/mol. The van der Waals surface area contributed by atoms with Gasteiger partial charge in [0.25, 0.3) is 0 Å². The molecule has 1 aromatic rings. The van der Waals surface area contributed by atoms with Crippen LogP contribution in [0.15, 0.2) is 12.1 Å². The van der Waals surface area contributed by atoms with Crippen LogP contribution in [-0.2, 0) is 0 Å². The smallest absolute Gasteiger partial charge is 1.00 e. The molecular formula is C18H30LiOP. The zero-order valence-electron chi connectivity index (χ0n) is 16.0. The molecule has 1 atom stereocenters. The minimum absolute atomic E-state index is 0. The van der Waals surface area contributed by atoms with Crippen LogP contribution >= 0.6 is 8.58 Å². The molecule has 3 heteroatoms. The van der Waals surface area contributed by atoms with E-state index in [1.807, 2.05) is 0 Å². The average molecular weight is 300 g/mol. The van der Waals surface area contributed by atoms with Crippen molar-refractivity contribution in [1.29, 1.82) is 0 Å². The van der Waals surface area contributed by atoms with Crippen molar-refractivity contribution in [1.82, 2.24) is 0 Å². The second-order valence-corrected chi connectivity index (χ2v) is 7.91. The van der Waals surface area contributed by atoms with Crippen LogP contribution in [0.3, 0.4) is 0 Å². The fourth-order valence-corrected chi connectivity index (χ4v) is 3.25. The van der Waals surface area contributed by atoms with E-state index in [4.69, 9.17) is 0 Å².